The van der Waals surface area contributed by atoms with Crippen molar-refractivity contribution in [1.82, 2.24) is 0 Å². The van der Waals surface area contributed by atoms with E-state index in [9.17, 15) is 13.2 Å². The highest BCUT2D eigenvalue weighted by atomic mass is 35.5. The van der Waals surface area contributed by atoms with Crippen LogP contribution in [-0.4, -0.2) is 21.4 Å². The van der Waals surface area contributed by atoms with Gasteiger partial charge in [0.2, 0.25) is 0 Å². The normalized spacial score (nSPS) is 11.2. The van der Waals surface area contributed by atoms with Gasteiger partial charge in [0.05, 0.1) is 10.6 Å². The lowest BCUT2D eigenvalue weighted by atomic mass is 10.1. The molecule has 5 nitrogen and oxygen atoms in total. The van der Waals surface area contributed by atoms with Crippen molar-refractivity contribution in [2.24, 2.45) is 0 Å². The Kier molecular flexibility index (Phi) is 6.17. The first-order chi connectivity index (χ1) is 13.7. The van der Waals surface area contributed by atoms with Gasteiger partial charge in [-0.2, -0.15) is 0 Å². The maximum absolute atomic E-state index is 12.8. The monoisotopic (exact) mass is 448 g/mol. The van der Waals surface area contributed by atoms with Crippen molar-refractivity contribution >= 4 is 50.5 Å². The van der Waals surface area contributed by atoms with Crippen LogP contribution in [0.15, 0.2) is 71.6 Å². The summed E-state index contributed by atoms with van der Waals surface area (Å²) in [5.74, 6) is -0.301. The molecule has 1 N–H and O–H groups in total. The van der Waals surface area contributed by atoms with E-state index in [2.05, 4.69) is 5.32 Å². The molecule has 0 aliphatic rings. The Morgan fingerprint density at radius 1 is 0.897 bits per heavy atom. The first kappa shape index (κ1) is 21.2. The highest BCUT2D eigenvalue weighted by Gasteiger charge is 2.21. The van der Waals surface area contributed by atoms with Crippen molar-refractivity contribution in [2.75, 3.05) is 16.7 Å². The zero-order valence-electron chi connectivity index (χ0n) is 15.7. The molecule has 0 radical (unpaired) electrons. The van der Waals surface area contributed by atoms with Crippen molar-refractivity contribution in [2.45, 2.75) is 11.8 Å². The van der Waals surface area contributed by atoms with Gasteiger partial charge >= 0.3 is 0 Å². The Bertz CT molecular complexity index is 1150. The Balaban J connectivity index is 1.78. The van der Waals surface area contributed by atoms with Crippen LogP contribution in [0, 0.1) is 6.92 Å². The Hall–Kier alpha value is -2.54. The summed E-state index contributed by atoms with van der Waals surface area (Å²) >= 11 is 11.8. The molecule has 0 heterocycles. The maximum atomic E-state index is 12.8. The molecule has 0 fully saturated rings. The van der Waals surface area contributed by atoms with Crippen molar-refractivity contribution in [3.63, 3.8) is 0 Å². The molecule has 3 rings (SSSR count). The van der Waals surface area contributed by atoms with Gasteiger partial charge in [0.15, 0.2) is 0 Å². The Morgan fingerprint density at radius 3 is 2.07 bits per heavy atom. The lowest BCUT2D eigenvalue weighted by Gasteiger charge is -2.20. The molecule has 150 valence electrons. The van der Waals surface area contributed by atoms with Crippen LogP contribution in [0.4, 0.5) is 11.4 Å². The van der Waals surface area contributed by atoms with E-state index in [1.54, 1.807) is 42.5 Å². The molecule has 0 bridgehead atoms. The largest absolute Gasteiger partial charge is 0.322 e. The first-order valence-corrected chi connectivity index (χ1v) is 10.8. The number of hydrogen-bond acceptors (Lipinski definition) is 3. The fraction of sp³-hybridized carbons (Fsp3) is 0.0952. The third-order valence-electron chi connectivity index (χ3n) is 4.40. The number of anilines is 2. The van der Waals surface area contributed by atoms with Crippen LogP contribution < -0.4 is 9.62 Å². The molecule has 0 unspecified atom stereocenters. The second kappa shape index (κ2) is 8.45. The quantitative estimate of drug-likeness (QED) is 0.569. The highest BCUT2D eigenvalue weighted by Crippen LogP contribution is 2.24. The van der Waals surface area contributed by atoms with E-state index in [1.807, 2.05) is 6.92 Å². The van der Waals surface area contributed by atoms with Crippen LogP contribution in [0.3, 0.4) is 0 Å². The summed E-state index contributed by atoms with van der Waals surface area (Å²) in [6.45, 7) is 1.85. The molecular formula is C21H18Cl2N2O3S. The van der Waals surface area contributed by atoms with Gasteiger partial charge in [-0.05, 0) is 79.2 Å². The minimum absolute atomic E-state index is 0.129. The number of carbonyl (C=O) groups is 1. The number of halogens is 2. The summed E-state index contributed by atoms with van der Waals surface area (Å²) in [6, 6.07) is 17.4. The summed E-state index contributed by atoms with van der Waals surface area (Å²) in [5, 5.41) is 3.87. The molecular weight excluding hydrogens is 431 g/mol. The number of rotatable bonds is 5. The van der Waals surface area contributed by atoms with Crippen molar-refractivity contribution in [3.05, 3.63) is 87.9 Å². The van der Waals surface area contributed by atoms with Crippen LogP contribution in [-0.2, 0) is 10.0 Å². The summed E-state index contributed by atoms with van der Waals surface area (Å²) in [7, 11) is -2.28. The van der Waals surface area contributed by atoms with Gasteiger partial charge in [0.1, 0.15) is 0 Å². The van der Waals surface area contributed by atoms with Crippen molar-refractivity contribution in [1.29, 1.82) is 0 Å². The summed E-state index contributed by atoms with van der Waals surface area (Å²) < 4.78 is 26.7. The second-order valence-electron chi connectivity index (χ2n) is 6.39. The van der Waals surface area contributed by atoms with E-state index < -0.39 is 10.0 Å². The molecule has 3 aromatic rings. The molecule has 0 aliphatic heterocycles. The predicted octanol–water partition coefficient (Wildman–Crippen LogP) is 5.38. The molecule has 0 aromatic heterocycles. The average molecular weight is 449 g/mol. The van der Waals surface area contributed by atoms with Gasteiger partial charge < -0.3 is 5.32 Å². The third kappa shape index (κ3) is 4.72. The van der Waals surface area contributed by atoms with Gasteiger partial charge in [0.25, 0.3) is 15.9 Å². The second-order valence-corrected chi connectivity index (χ2v) is 9.23. The molecule has 29 heavy (non-hydrogen) atoms. The average Bonchev–Trinajstić information content (AvgIpc) is 2.70. The van der Waals surface area contributed by atoms with Gasteiger partial charge in [0, 0.05) is 28.3 Å². The number of benzene rings is 3. The fourth-order valence-corrected chi connectivity index (χ4v) is 4.24. The third-order valence-corrected chi connectivity index (χ3v) is 6.69. The standard InChI is InChI=1S/C21H18Cl2N2O3S/c1-14-13-17(23)7-12-20(14)24-21(26)15-3-8-18(9-4-15)25(2)29(27,28)19-10-5-16(22)6-11-19/h3-13H,1-2H3,(H,24,26). The van der Waals surface area contributed by atoms with E-state index >= 15 is 0 Å². The van der Waals surface area contributed by atoms with Gasteiger partial charge in [-0.25, -0.2) is 8.42 Å². The summed E-state index contributed by atoms with van der Waals surface area (Å²) in [6.07, 6.45) is 0. The molecule has 0 spiro atoms. The molecule has 8 heteroatoms. The Morgan fingerprint density at radius 2 is 1.48 bits per heavy atom. The van der Waals surface area contributed by atoms with Crippen LogP contribution in [0.1, 0.15) is 15.9 Å². The number of aryl methyl sites for hydroxylation is 1. The Labute approximate surface area is 179 Å². The number of nitrogens with one attached hydrogen (secondary N) is 1. The van der Waals surface area contributed by atoms with E-state index in [1.165, 1.54) is 31.3 Å². The van der Waals surface area contributed by atoms with E-state index in [0.717, 1.165) is 9.87 Å². The number of sulfonamides is 1. The lowest BCUT2D eigenvalue weighted by Crippen LogP contribution is -2.26. The van der Waals surface area contributed by atoms with E-state index in [0.29, 0.717) is 27.0 Å². The first-order valence-electron chi connectivity index (χ1n) is 8.60. The molecule has 1 amide bonds. The molecule has 0 atom stereocenters. The van der Waals surface area contributed by atoms with Crippen LogP contribution in [0.5, 0.6) is 0 Å². The van der Waals surface area contributed by atoms with Crippen molar-refractivity contribution < 1.29 is 13.2 Å². The van der Waals surface area contributed by atoms with Gasteiger partial charge in [-0.1, -0.05) is 23.2 Å². The summed E-state index contributed by atoms with van der Waals surface area (Å²) in [5.41, 5.74) is 2.33. The number of hydrogen-bond donors (Lipinski definition) is 1. The fourth-order valence-electron chi connectivity index (χ4n) is 2.69. The predicted molar refractivity (Wildman–Crippen MR) is 118 cm³/mol. The number of amides is 1. The maximum Gasteiger partial charge on any atom is 0.264 e. The zero-order valence-corrected chi connectivity index (χ0v) is 18.0. The topological polar surface area (TPSA) is 66.5 Å². The van der Waals surface area contributed by atoms with Gasteiger partial charge in [-0.15, -0.1) is 0 Å². The molecule has 0 saturated heterocycles. The number of nitrogens with zero attached hydrogens (tertiary/aromatic N) is 1. The number of carbonyl (C=O) groups excluding carboxylic acids is 1. The molecule has 0 saturated carbocycles. The molecule has 3 aromatic carbocycles. The van der Waals surface area contributed by atoms with Crippen LogP contribution in [0.2, 0.25) is 10.0 Å². The van der Waals surface area contributed by atoms with E-state index in [-0.39, 0.29) is 10.8 Å². The smallest absolute Gasteiger partial charge is 0.264 e. The SMILES string of the molecule is Cc1cc(Cl)ccc1NC(=O)c1ccc(N(C)S(=O)(=O)c2ccc(Cl)cc2)cc1. The minimum atomic E-state index is -3.74. The van der Waals surface area contributed by atoms with E-state index in [4.69, 9.17) is 23.2 Å². The minimum Gasteiger partial charge on any atom is -0.322 e. The summed E-state index contributed by atoms with van der Waals surface area (Å²) in [4.78, 5) is 12.6. The zero-order chi connectivity index (χ0) is 21.2. The van der Waals surface area contributed by atoms with Gasteiger partial charge in [-0.3, -0.25) is 9.10 Å². The lowest BCUT2D eigenvalue weighted by molar-refractivity contribution is 0.102. The van der Waals surface area contributed by atoms with Crippen molar-refractivity contribution in [3.8, 4) is 0 Å². The van der Waals surface area contributed by atoms with Crippen LogP contribution >= 0.6 is 23.2 Å². The van der Waals surface area contributed by atoms with Crippen LogP contribution in [0.25, 0.3) is 0 Å². The molecule has 0 aliphatic carbocycles. The highest BCUT2D eigenvalue weighted by molar-refractivity contribution is 7.92.